The van der Waals surface area contributed by atoms with E-state index in [0.717, 1.165) is 24.0 Å². The van der Waals surface area contributed by atoms with Gasteiger partial charge in [-0.1, -0.05) is 0 Å². The fourth-order valence-electron chi connectivity index (χ4n) is 2.53. The number of benzene rings is 1. The average Bonchev–Trinajstić information content (AvgIpc) is 2.83. The van der Waals surface area contributed by atoms with Crippen LogP contribution in [0.3, 0.4) is 0 Å². The van der Waals surface area contributed by atoms with Crippen molar-refractivity contribution >= 4 is 29.2 Å². The lowest BCUT2D eigenvalue weighted by Gasteiger charge is -2.26. The highest BCUT2D eigenvalue weighted by atomic mass is 35.5. The Morgan fingerprint density at radius 2 is 1.95 bits per heavy atom. The fourth-order valence-corrected chi connectivity index (χ4v) is 2.53. The van der Waals surface area contributed by atoms with Crippen LogP contribution in [0.4, 0.5) is 4.39 Å². The number of aryl methyl sites for hydroxylation is 1. The summed E-state index contributed by atoms with van der Waals surface area (Å²) in [7, 11) is 0. The van der Waals surface area contributed by atoms with E-state index in [-0.39, 0.29) is 24.1 Å². The highest BCUT2D eigenvalue weighted by Gasteiger charge is 2.20. The standard InChI is InChI=1S/C14H16FN3O.ClH/c1-9-6-10(15)7-12-11(9)8-13(17-12)14(19)18-4-2-16-3-5-18;/h6-8,16-17H,2-5H2,1H3;1H. The zero-order chi connectivity index (χ0) is 13.4. The molecule has 0 unspecified atom stereocenters. The number of nitrogens with one attached hydrogen (secondary N) is 2. The van der Waals surface area contributed by atoms with E-state index in [4.69, 9.17) is 0 Å². The summed E-state index contributed by atoms with van der Waals surface area (Å²) in [6.45, 7) is 4.90. The highest BCUT2D eigenvalue weighted by Crippen LogP contribution is 2.22. The number of carbonyl (C=O) groups is 1. The molecule has 1 aliphatic heterocycles. The van der Waals surface area contributed by atoms with E-state index in [1.807, 2.05) is 17.9 Å². The summed E-state index contributed by atoms with van der Waals surface area (Å²) in [6.07, 6.45) is 0. The number of amides is 1. The lowest BCUT2D eigenvalue weighted by atomic mass is 10.1. The maximum absolute atomic E-state index is 13.3. The van der Waals surface area contributed by atoms with Crippen molar-refractivity contribution < 1.29 is 9.18 Å². The molecular weight excluding hydrogens is 281 g/mol. The SMILES string of the molecule is Cc1cc(F)cc2[nH]c(C(=O)N3CCNCC3)cc12.Cl. The number of rotatable bonds is 1. The first kappa shape index (κ1) is 14.8. The summed E-state index contributed by atoms with van der Waals surface area (Å²) >= 11 is 0. The van der Waals surface area contributed by atoms with Gasteiger partial charge in [-0.2, -0.15) is 0 Å². The van der Waals surface area contributed by atoms with Gasteiger partial charge in [-0.05, 0) is 30.7 Å². The van der Waals surface area contributed by atoms with E-state index in [1.54, 1.807) is 0 Å². The van der Waals surface area contributed by atoms with Gasteiger partial charge in [0, 0.05) is 37.1 Å². The molecule has 1 amide bonds. The zero-order valence-corrected chi connectivity index (χ0v) is 12.0. The number of halogens is 2. The Bertz CT molecular complexity index is 635. The number of aromatic amines is 1. The lowest BCUT2D eigenvalue weighted by Crippen LogP contribution is -2.46. The summed E-state index contributed by atoms with van der Waals surface area (Å²) in [5.74, 6) is -0.300. The number of aromatic nitrogens is 1. The minimum absolute atomic E-state index is 0. The number of carbonyl (C=O) groups excluding carboxylic acids is 1. The Morgan fingerprint density at radius 3 is 2.65 bits per heavy atom. The van der Waals surface area contributed by atoms with Crippen LogP contribution >= 0.6 is 12.4 Å². The molecule has 0 radical (unpaired) electrons. The van der Waals surface area contributed by atoms with E-state index in [9.17, 15) is 9.18 Å². The van der Waals surface area contributed by atoms with Crippen molar-refractivity contribution in [2.75, 3.05) is 26.2 Å². The average molecular weight is 298 g/mol. The second-order valence-corrected chi connectivity index (χ2v) is 4.91. The van der Waals surface area contributed by atoms with Crippen LogP contribution in [0.25, 0.3) is 10.9 Å². The quantitative estimate of drug-likeness (QED) is 0.847. The summed E-state index contributed by atoms with van der Waals surface area (Å²) in [5, 5.41) is 4.11. The zero-order valence-electron chi connectivity index (χ0n) is 11.2. The Kier molecular flexibility index (Phi) is 4.30. The smallest absolute Gasteiger partial charge is 0.270 e. The second kappa shape index (κ2) is 5.81. The van der Waals surface area contributed by atoms with Crippen LogP contribution in [0.2, 0.25) is 0 Å². The van der Waals surface area contributed by atoms with Crippen molar-refractivity contribution in [3.05, 3.63) is 35.3 Å². The number of H-pyrrole nitrogens is 1. The molecule has 6 heteroatoms. The number of hydrogen-bond donors (Lipinski definition) is 2. The molecule has 2 aromatic rings. The predicted octanol–water partition coefficient (Wildman–Crippen LogP) is 2.08. The molecule has 1 fully saturated rings. The molecule has 1 aliphatic rings. The molecule has 108 valence electrons. The Labute approximate surface area is 122 Å². The van der Waals surface area contributed by atoms with Gasteiger partial charge in [0.15, 0.2) is 0 Å². The molecule has 0 aliphatic carbocycles. The Morgan fingerprint density at radius 1 is 1.25 bits per heavy atom. The van der Waals surface area contributed by atoms with Gasteiger partial charge in [-0.25, -0.2) is 4.39 Å². The van der Waals surface area contributed by atoms with Crippen molar-refractivity contribution in [3.8, 4) is 0 Å². The number of fused-ring (bicyclic) bond motifs is 1. The molecule has 20 heavy (non-hydrogen) atoms. The molecule has 1 aromatic carbocycles. The van der Waals surface area contributed by atoms with E-state index < -0.39 is 0 Å². The number of piperazine rings is 1. The van der Waals surface area contributed by atoms with E-state index in [0.29, 0.717) is 24.3 Å². The maximum atomic E-state index is 13.3. The summed E-state index contributed by atoms with van der Waals surface area (Å²) in [4.78, 5) is 17.2. The van der Waals surface area contributed by atoms with E-state index in [1.165, 1.54) is 12.1 Å². The topological polar surface area (TPSA) is 48.1 Å². The third kappa shape index (κ3) is 2.64. The highest BCUT2D eigenvalue weighted by molar-refractivity contribution is 5.98. The minimum Gasteiger partial charge on any atom is -0.350 e. The van der Waals surface area contributed by atoms with Gasteiger partial charge < -0.3 is 15.2 Å². The molecule has 0 saturated carbocycles. The normalized spacial score (nSPS) is 15.2. The molecule has 2 heterocycles. The van der Waals surface area contributed by atoms with Crippen LogP contribution < -0.4 is 5.32 Å². The molecular formula is C14H17ClFN3O. The van der Waals surface area contributed by atoms with Gasteiger partial charge in [0.05, 0.1) is 0 Å². The molecule has 0 atom stereocenters. The fraction of sp³-hybridized carbons (Fsp3) is 0.357. The Hall–Kier alpha value is -1.59. The lowest BCUT2D eigenvalue weighted by molar-refractivity contribution is 0.0731. The molecule has 4 nitrogen and oxygen atoms in total. The summed E-state index contributed by atoms with van der Waals surface area (Å²) < 4.78 is 13.3. The van der Waals surface area contributed by atoms with Crippen LogP contribution in [-0.4, -0.2) is 42.0 Å². The number of nitrogens with zero attached hydrogens (tertiary/aromatic N) is 1. The van der Waals surface area contributed by atoms with Crippen molar-refractivity contribution in [2.45, 2.75) is 6.92 Å². The van der Waals surface area contributed by atoms with Crippen molar-refractivity contribution in [3.63, 3.8) is 0 Å². The largest absolute Gasteiger partial charge is 0.350 e. The van der Waals surface area contributed by atoms with E-state index in [2.05, 4.69) is 10.3 Å². The summed E-state index contributed by atoms with van der Waals surface area (Å²) in [5.41, 5.74) is 2.05. The van der Waals surface area contributed by atoms with E-state index >= 15 is 0 Å². The van der Waals surface area contributed by atoms with Gasteiger partial charge in [-0.15, -0.1) is 12.4 Å². The Balaban J connectivity index is 0.00000147. The third-order valence-corrected chi connectivity index (χ3v) is 3.54. The van der Waals surface area contributed by atoms with Gasteiger partial charge in [-0.3, -0.25) is 4.79 Å². The van der Waals surface area contributed by atoms with Crippen molar-refractivity contribution in [1.29, 1.82) is 0 Å². The first-order valence-corrected chi connectivity index (χ1v) is 6.44. The van der Waals surface area contributed by atoms with Crippen molar-refractivity contribution in [2.24, 2.45) is 0 Å². The van der Waals surface area contributed by atoms with Gasteiger partial charge in [0.2, 0.25) is 0 Å². The number of hydrogen-bond acceptors (Lipinski definition) is 2. The molecule has 2 N–H and O–H groups in total. The molecule has 0 bridgehead atoms. The third-order valence-electron chi connectivity index (χ3n) is 3.54. The van der Waals surface area contributed by atoms with Crippen LogP contribution in [-0.2, 0) is 0 Å². The van der Waals surface area contributed by atoms with Crippen LogP contribution in [0.5, 0.6) is 0 Å². The molecule has 1 saturated heterocycles. The molecule has 0 spiro atoms. The monoisotopic (exact) mass is 297 g/mol. The molecule has 1 aromatic heterocycles. The van der Waals surface area contributed by atoms with Crippen LogP contribution in [0, 0.1) is 12.7 Å². The van der Waals surface area contributed by atoms with Crippen LogP contribution in [0.15, 0.2) is 18.2 Å². The van der Waals surface area contributed by atoms with Crippen LogP contribution in [0.1, 0.15) is 16.1 Å². The van der Waals surface area contributed by atoms with Crippen molar-refractivity contribution in [1.82, 2.24) is 15.2 Å². The van der Waals surface area contributed by atoms with Gasteiger partial charge in [0.25, 0.3) is 5.91 Å². The maximum Gasteiger partial charge on any atom is 0.270 e. The van der Waals surface area contributed by atoms with Gasteiger partial charge >= 0.3 is 0 Å². The molecule has 3 rings (SSSR count). The summed E-state index contributed by atoms with van der Waals surface area (Å²) in [6, 6.07) is 4.72. The second-order valence-electron chi connectivity index (χ2n) is 4.91. The predicted molar refractivity (Wildman–Crippen MR) is 79.0 cm³/mol. The first-order chi connectivity index (χ1) is 9.15. The first-order valence-electron chi connectivity index (χ1n) is 6.44. The van der Waals surface area contributed by atoms with Gasteiger partial charge in [0.1, 0.15) is 11.5 Å². The minimum atomic E-state index is -0.284.